The largest absolute Gasteiger partial charge is 0.345 e. The van der Waals surface area contributed by atoms with Crippen molar-refractivity contribution in [1.29, 1.82) is 5.26 Å². The summed E-state index contributed by atoms with van der Waals surface area (Å²) < 4.78 is 0.652. The quantitative estimate of drug-likeness (QED) is 0.875. The molecule has 0 aliphatic rings. The minimum Gasteiger partial charge on any atom is -0.345 e. The number of benzene rings is 2. The van der Waals surface area contributed by atoms with Gasteiger partial charge in [0.15, 0.2) is 0 Å². The lowest BCUT2D eigenvalue weighted by Crippen LogP contribution is -2.26. The van der Waals surface area contributed by atoms with Crippen molar-refractivity contribution in [3.8, 4) is 6.07 Å². The van der Waals surface area contributed by atoms with Crippen molar-refractivity contribution in [2.45, 2.75) is 13.0 Å². The first kappa shape index (κ1) is 15.6. The Labute approximate surface area is 136 Å². The van der Waals surface area contributed by atoms with Crippen LogP contribution in [0.4, 0.5) is 0 Å². The van der Waals surface area contributed by atoms with Gasteiger partial charge in [0.25, 0.3) is 5.91 Å². The molecular weight excluding hydrogens is 352 g/mol. The smallest absolute Gasteiger partial charge is 0.252 e. The number of nitrogens with one attached hydrogen (secondary N) is 1. The second-order valence-corrected chi connectivity index (χ2v) is 5.84. The topological polar surface area (TPSA) is 52.9 Å². The summed E-state index contributed by atoms with van der Waals surface area (Å²) in [5.41, 5.74) is 2.06. The molecule has 1 atom stereocenters. The van der Waals surface area contributed by atoms with Crippen LogP contribution in [-0.2, 0) is 0 Å². The zero-order chi connectivity index (χ0) is 15.4. The third-order valence-electron chi connectivity index (χ3n) is 3.06. The maximum atomic E-state index is 12.2. The van der Waals surface area contributed by atoms with Crippen LogP contribution < -0.4 is 5.32 Å². The predicted octanol–water partition coefficient (Wildman–Crippen LogP) is 4.47. The van der Waals surface area contributed by atoms with Gasteiger partial charge in [0.1, 0.15) is 0 Å². The lowest BCUT2D eigenvalue weighted by Gasteiger charge is -2.15. The predicted molar refractivity (Wildman–Crippen MR) is 86.2 cm³/mol. The Balaban J connectivity index is 2.13. The van der Waals surface area contributed by atoms with Gasteiger partial charge in [-0.2, -0.15) is 5.26 Å². The van der Waals surface area contributed by atoms with Gasteiger partial charge in [-0.25, -0.2) is 0 Å². The average Bonchev–Trinajstić information content (AvgIpc) is 2.47. The second-order valence-electron chi connectivity index (χ2n) is 4.55. The van der Waals surface area contributed by atoms with Gasteiger partial charge in [-0.3, -0.25) is 4.79 Å². The third kappa shape index (κ3) is 3.84. The molecule has 1 N–H and O–H groups in total. The second kappa shape index (κ2) is 6.75. The number of hydrogen-bond donors (Lipinski definition) is 1. The molecule has 5 heteroatoms. The molecule has 0 bridgehead atoms. The van der Waals surface area contributed by atoms with E-state index in [1.807, 2.05) is 19.1 Å². The van der Waals surface area contributed by atoms with E-state index >= 15 is 0 Å². The molecular formula is C16H12BrClN2O. The van der Waals surface area contributed by atoms with Gasteiger partial charge in [-0.15, -0.1) is 0 Å². The van der Waals surface area contributed by atoms with Gasteiger partial charge in [-0.1, -0.05) is 23.7 Å². The van der Waals surface area contributed by atoms with E-state index < -0.39 is 0 Å². The molecule has 0 aliphatic carbocycles. The van der Waals surface area contributed by atoms with Crippen molar-refractivity contribution in [2.24, 2.45) is 0 Å². The van der Waals surface area contributed by atoms with Gasteiger partial charge in [0, 0.05) is 9.50 Å². The first-order chi connectivity index (χ1) is 10.0. The summed E-state index contributed by atoms with van der Waals surface area (Å²) in [6, 6.07) is 14.1. The SMILES string of the molecule is CC(NC(=O)c1ccc(Cl)cc1Br)c1ccc(C#N)cc1. The van der Waals surface area contributed by atoms with E-state index in [2.05, 4.69) is 27.3 Å². The molecule has 0 aliphatic heterocycles. The Morgan fingerprint density at radius 1 is 1.29 bits per heavy atom. The number of amides is 1. The highest BCUT2D eigenvalue weighted by Gasteiger charge is 2.14. The van der Waals surface area contributed by atoms with E-state index in [1.165, 1.54) is 0 Å². The number of nitrogens with zero attached hydrogens (tertiary/aromatic N) is 1. The summed E-state index contributed by atoms with van der Waals surface area (Å²) in [5, 5.41) is 12.3. The van der Waals surface area contributed by atoms with Crippen LogP contribution in [0.15, 0.2) is 46.9 Å². The maximum absolute atomic E-state index is 12.2. The molecule has 0 saturated carbocycles. The van der Waals surface area contributed by atoms with Crippen LogP contribution in [0.5, 0.6) is 0 Å². The van der Waals surface area contributed by atoms with Crippen molar-refractivity contribution < 1.29 is 4.79 Å². The van der Waals surface area contributed by atoms with Crippen LogP contribution in [0.25, 0.3) is 0 Å². The fourth-order valence-corrected chi connectivity index (χ4v) is 2.74. The number of carbonyl (C=O) groups is 1. The summed E-state index contributed by atoms with van der Waals surface area (Å²) in [6.45, 7) is 1.89. The molecule has 0 heterocycles. The molecule has 0 fully saturated rings. The van der Waals surface area contributed by atoms with Gasteiger partial charge in [0.05, 0.1) is 23.2 Å². The van der Waals surface area contributed by atoms with E-state index in [4.69, 9.17) is 16.9 Å². The zero-order valence-corrected chi connectivity index (χ0v) is 13.6. The molecule has 21 heavy (non-hydrogen) atoms. The molecule has 106 valence electrons. The van der Waals surface area contributed by atoms with Crippen molar-refractivity contribution in [1.82, 2.24) is 5.32 Å². The summed E-state index contributed by atoms with van der Waals surface area (Å²) in [6.07, 6.45) is 0. The van der Waals surface area contributed by atoms with E-state index in [-0.39, 0.29) is 11.9 Å². The van der Waals surface area contributed by atoms with E-state index in [0.717, 1.165) is 5.56 Å². The molecule has 2 aromatic rings. The van der Waals surface area contributed by atoms with Crippen LogP contribution in [0.3, 0.4) is 0 Å². The van der Waals surface area contributed by atoms with Crippen molar-refractivity contribution in [3.63, 3.8) is 0 Å². The van der Waals surface area contributed by atoms with Crippen LogP contribution >= 0.6 is 27.5 Å². The van der Waals surface area contributed by atoms with Crippen LogP contribution in [0.2, 0.25) is 5.02 Å². The molecule has 0 saturated heterocycles. The Morgan fingerprint density at radius 2 is 1.95 bits per heavy atom. The number of hydrogen-bond acceptors (Lipinski definition) is 2. The maximum Gasteiger partial charge on any atom is 0.252 e. The molecule has 1 unspecified atom stereocenters. The van der Waals surface area contributed by atoms with Gasteiger partial charge < -0.3 is 5.32 Å². The number of carbonyl (C=O) groups excluding carboxylic acids is 1. The van der Waals surface area contributed by atoms with Gasteiger partial charge in [0.2, 0.25) is 0 Å². The van der Waals surface area contributed by atoms with Crippen molar-refractivity contribution in [2.75, 3.05) is 0 Å². The Kier molecular flexibility index (Phi) is 5.00. The standard InChI is InChI=1S/C16H12BrClN2O/c1-10(12-4-2-11(9-19)3-5-12)20-16(21)14-7-6-13(18)8-15(14)17/h2-8,10H,1H3,(H,20,21). The van der Waals surface area contributed by atoms with Gasteiger partial charge in [-0.05, 0) is 58.7 Å². The summed E-state index contributed by atoms with van der Waals surface area (Å²) >= 11 is 9.20. The fourth-order valence-electron chi connectivity index (χ4n) is 1.88. The van der Waals surface area contributed by atoms with Gasteiger partial charge >= 0.3 is 0 Å². The monoisotopic (exact) mass is 362 g/mol. The van der Waals surface area contributed by atoms with Crippen LogP contribution in [0.1, 0.15) is 34.5 Å². The molecule has 0 spiro atoms. The highest BCUT2D eigenvalue weighted by Crippen LogP contribution is 2.22. The molecule has 1 amide bonds. The number of halogens is 2. The summed E-state index contributed by atoms with van der Waals surface area (Å²) in [7, 11) is 0. The Bertz CT molecular complexity index is 707. The lowest BCUT2D eigenvalue weighted by atomic mass is 10.1. The number of nitriles is 1. The molecule has 0 radical (unpaired) electrons. The van der Waals surface area contributed by atoms with E-state index in [9.17, 15) is 4.79 Å². The third-order valence-corrected chi connectivity index (χ3v) is 3.95. The first-order valence-electron chi connectivity index (χ1n) is 6.27. The Morgan fingerprint density at radius 3 is 2.52 bits per heavy atom. The van der Waals surface area contributed by atoms with Crippen molar-refractivity contribution >= 4 is 33.4 Å². The highest BCUT2D eigenvalue weighted by atomic mass is 79.9. The Hall–Kier alpha value is -1.83. The van der Waals surface area contributed by atoms with Crippen LogP contribution in [0, 0.1) is 11.3 Å². The molecule has 2 aromatic carbocycles. The first-order valence-corrected chi connectivity index (χ1v) is 7.44. The average molecular weight is 364 g/mol. The van der Waals surface area contributed by atoms with Crippen molar-refractivity contribution in [3.05, 3.63) is 68.7 Å². The lowest BCUT2D eigenvalue weighted by molar-refractivity contribution is 0.0939. The zero-order valence-electron chi connectivity index (χ0n) is 11.2. The van der Waals surface area contributed by atoms with E-state index in [1.54, 1.807) is 30.3 Å². The molecule has 2 rings (SSSR count). The van der Waals surface area contributed by atoms with E-state index in [0.29, 0.717) is 20.6 Å². The normalized spacial score (nSPS) is 11.5. The minimum absolute atomic E-state index is 0.159. The molecule has 0 aromatic heterocycles. The van der Waals surface area contributed by atoms with Crippen LogP contribution in [-0.4, -0.2) is 5.91 Å². The summed E-state index contributed by atoms with van der Waals surface area (Å²) in [4.78, 5) is 12.2. The number of rotatable bonds is 3. The minimum atomic E-state index is -0.185. The fraction of sp³-hybridized carbons (Fsp3) is 0.125. The molecule has 3 nitrogen and oxygen atoms in total. The summed E-state index contributed by atoms with van der Waals surface area (Å²) in [5.74, 6) is -0.185. The highest BCUT2D eigenvalue weighted by molar-refractivity contribution is 9.10.